The predicted octanol–water partition coefficient (Wildman–Crippen LogP) is 2.48. The minimum atomic E-state index is 0.427. The molecule has 1 unspecified atom stereocenters. The van der Waals surface area contributed by atoms with Crippen molar-refractivity contribution in [1.82, 2.24) is 19.9 Å². The molecule has 0 bridgehead atoms. The molecule has 0 saturated carbocycles. The lowest BCUT2D eigenvalue weighted by Gasteiger charge is -2.24. The van der Waals surface area contributed by atoms with Crippen LogP contribution >= 0.6 is 0 Å². The first-order chi connectivity index (χ1) is 8.77. The molecular formula is C14H20N4. The summed E-state index contributed by atoms with van der Waals surface area (Å²) in [6.07, 6.45) is 6.23. The first-order valence-electron chi connectivity index (χ1n) is 6.80. The van der Waals surface area contributed by atoms with E-state index in [4.69, 9.17) is 4.98 Å². The lowest BCUT2D eigenvalue weighted by Crippen LogP contribution is -2.30. The van der Waals surface area contributed by atoms with E-state index in [9.17, 15) is 0 Å². The summed E-state index contributed by atoms with van der Waals surface area (Å²) in [6.45, 7) is 6.62. The molecule has 4 heteroatoms. The van der Waals surface area contributed by atoms with Gasteiger partial charge in [0.1, 0.15) is 5.82 Å². The summed E-state index contributed by atoms with van der Waals surface area (Å²) < 4.78 is 2.35. The first kappa shape index (κ1) is 11.7. The van der Waals surface area contributed by atoms with Gasteiger partial charge in [-0.1, -0.05) is 0 Å². The quantitative estimate of drug-likeness (QED) is 0.882. The maximum absolute atomic E-state index is 4.84. The number of aromatic nitrogens is 3. The van der Waals surface area contributed by atoms with Crippen molar-refractivity contribution in [3.05, 3.63) is 24.3 Å². The van der Waals surface area contributed by atoms with E-state index in [1.165, 1.54) is 18.7 Å². The molecule has 0 amide bonds. The highest BCUT2D eigenvalue weighted by atomic mass is 15.1. The third-order valence-corrected chi connectivity index (χ3v) is 3.70. The van der Waals surface area contributed by atoms with E-state index in [1.54, 1.807) is 0 Å². The van der Waals surface area contributed by atoms with E-state index in [1.807, 2.05) is 18.5 Å². The van der Waals surface area contributed by atoms with Crippen molar-refractivity contribution in [1.29, 1.82) is 0 Å². The number of pyridine rings is 1. The number of fused-ring (bicyclic) bond motifs is 1. The smallest absolute Gasteiger partial charge is 0.114 e. The Bertz CT molecular complexity index is 538. The van der Waals surface area contributed by atoms with Crippen molar-refractivity contribution in [3.8, 4) is 0 Å². The van der Waals surface area contributed by atoms with E-state index in [0.717, 1.165) is 24.1 Å². The maximum atomic E-state index is 4.84. The number of nitrogens with one attached hydrogen (secondary N) is 1. The van der Waals surface area contributed by atoms with Gasteiger partial charge in [-0.15, -0.1) is 0 Å². The van der Waals surface area contributed by atoms with Crippen LogP contribution in [0.15, 0.2) is 18.5 Å². The Morgan fingerprint density at radius 3 is 3.06 bits per heavy atom. The minimum Gasteiger partial charge on any atom is -0.324 e. The average Bonchev–Trinajstić information content (AvgIpc) is 2.79. The molecule has 4 nitrogen and oxygen atoms in total. The van der Waals surface area contributed by atoms with Gasteiger partial charge in [0.25, 0.3) is 0 Å². The molecule has 1 fully saturated rings. The normalized spacial score (nSPS) is 20.7. The Balaban J connectivity index is 2.11. The largest absolute Gasteiger partial charge is 0.324 e. The predicted molar refractivity (Wildman–Crippen MR) is 72.8 cm³/mol. The van der Waals surface area contributed by atoms with E-state index in [2.05, 4.69) is 28.7 Å². The monoisotopic (exact) mass is 244 g/mol. The molecule has 1 aliphatic heterocycles. The molecule has 2 aromatic heterocycles. The van der Waals surface area contributed by atoms with Gasteiger partial charge in [-0.2, -0.15) is 0 Å². The third kappa shape index (κ3) is 1.90. The second-order valence-electron chi connectivity index (χ2n) is 5.34. The zero-order valence-electron chi connectivity index (χ0n) is 11.1. The van der Waals surface area contributed by atoms with Crippen LogP contribution in [0.3, 0.4) is 0 Å². The molecule has 96 valence electrons. The van der Waals surface area contributed by atoms with Crippen molar-refractivity contribution in [2.45, 2.75) is 38.6 Å². The van der Waals surface area contributed by atoms with Gasteiger partial charge < -0.3 is 9.88 Å². The van der Waals surface area contributed by atoms with Crippen LogP contribution < -0.4 is 5.32 Å². The third-order valence-electron chi connectivity index (χ3n) is 3.70. The molecule has 3 heterocycles. The van der Waals surface area contributed by atoms with Gasteiger partial charge in [0.2, 0.25) is 0 Å². The Kier molecular flexibility index (Phi) is 3.04. The van der Waals surface area contributed by atoms with Gasteiger partial charge in [-0.05, 0) is 39.3 Å². The summed E-state index contributed by atoms with van der Waals surface area (Å²) in [6, 6.07) is 2.43. The molecule has 1 N–H and O–H groups in total. The molecule has 1 aliphatic rings. The molecule has 3 rings (SSSR count). The molecule has 2 aromatic rings. The molecule has 0 aromatic carbocycles. The molecule has 0 spiro atoms. The van der Waals surface area contributed by atoms with E-state index < -0.39 is 0 Å². The molecular weight excluding hydrogens is 224 g/mol. The van der Waals surface area contributed by atoms with Crippen molar-refractivity contribution in [3.63, 3.8) is 0 Å². The maximum Gasteiger partial charge on any atom is 0.114 e. The number of hydrogen-bond donors (Lipinski definition) is 1. The van der Waals surface area contributed by atoms with Gasteiger partial charge >= 0.3 is 0 Å². The number of nitrogens with zero attached hydrogens (tertiary/aromatic N) is 3. The number of imidazole rings is 1. The second-order valence-corrected chi connectivity index (χ2v) is 5.34. The lowest BCUT2D eigenvalue weighted by atomic mass is 9.98. The van der Waals surface area contributed by atoms with Crippen LogP contribution in [0.2, 0.25) is 0 Å². The van der Waals surface area contributed by atoms with E-state index in [0.29, 0.717) is 12.0 Å². The van der Waals surface area contributed by atoms with Crippen LogP contribution in [0.4, 0.5) is 0 Å². The second kappa shape index (κ2) is 4.69. The van der Waals surface area contributed by atoms with Crippen LogP contribution in [0.25, 0.3) is 11.0 Å². The first-order valence-corrected chi connectivity index (χ1v) is 6.80. The summed E-state index contributed by atoms with van der Waals surface area (Å²) >= 11 is 0. The van der Waals surface area contributed by atoms with Gasteiger partial charge in [0, 0.05) is 24.7 Å². The molecule has 1 atom stereocenters. The minimum absolute atomic E-state index is 0.427. The van der Waals surface area contributed by atoms with Crippen LogP contribution in [0, 0.1) is 0 Å². The van der Waals surface area contributed by atoms with Crippen molar-refractivity contribution >= 4 is 11.0 Å². The Labute approximate surface area is 107 Å². The molecule has 0 radical (unpaired) electrons. The standard InChI is InChI=1S/C14H20N4/c1-10(2)18-13-9-16-7-5-12(13)17-14(18)11-4-3-6-15-8-11/h5,7,9-11,15H,3-4,6,8H2,1-2H3. The van der Waals surface area contributed by atoms with Crippen LogP contribution in [0.1, 0.15) is 44.5 Å². The summed E-state index contributed by atoms with van der Waals surface area (Å²) in [5.74, 6) is 1.76. The Morgan fingerprint density at radius 1 is 1.44 bits per heavy atom. The highest BCUT2D eigenvalue weighted by Crippen LogP contribution is 2.28. The van der Waals surface area contributed by atoms with Crippen LogP contribution in [-0.2, 0) is 0 Å². The summed E-state index contributed by atoms with van der Waals surface area (Å²) in [5.41, 5.74) is 2.23. The van der Waals surface area contributed by atoms with Crippen LogP contribution in [-0.4, -0.2) is 27.6 Å². The average molecular weight is 244 g/mol. The zero-order chi connectivity index (χ0) is 12.5. The fourth-order valence-electron chi connectivity index (χ4n) is 2.86. The van der Waals surface area contributed by atoms with E-state index >= 15 is 0 Å². The fraction of sp³-hybridized carbons (Fsp3) is 0.571. The number of piperidine rings is 1. The Morgan fingerprint density at radius 2 is 2.33 bits per heavy atom. The zero-order valence-corrected chi connectivity index (χ0v) is 11.1. The SMILES string of the molecule is CC(C)n1c(C2CCCNC2)nc2ccncc21. The van der Waals surface area contributed by atoms with Gasteiger partial charge in [-0.25, -0.2) is 4.98 Å². The molecule has 1 saturated heterocycles. The lowest BCUT2D eigenvalue weighted by molar-refractivity contribution is 0.425. The molecule has 18 heavy (non-hydrogen) atoms. The molecule has 0 aliphatic carbocycles. The topological polar surface area (TPSA) is 42.7 Å². The number of hydrogen-bond acceptors (Lipinski definition) is 3. The van der Waals surface area contributed by atoms with E-state index in [-0.39, 0.29) is 0 Å². The van der Waals surface area contributed by atoms with Gasteiger partial charge in [0.15, 0.2) is 0 Å². The van der Waals surface area contributed by atoms with Gasteiger partial charge in [-0.3, -0.25) is 4.98 Å². The summed E-state index contributed by atoms with van der Waals surface area (Å²) in [7, 11) is 0. The highest BCUT2D eigenvalue weighted by Gasteiger charge is 2.23. The summed E-state index contributed by atoms with van der Waals surface area (Å²) in [4.78, 5) is 9.08. The van der Waals surface area contributed by atoms with Crippen molar-refractivity contribution < 1.29 is 0 Å². The Hall–Kier alpha value is -1.42. The number of rotatable bonds is 2. The van der Waals surface area contributed by atoms with Crippen molar-refractivity contribution in [2.75, 3.05) is 13.1 Å². The highest BCUT2D eigenvalue weighted by molar-refractivity contribution is 5.75. The van der Waals surface area contributed by atoms with Crippen LogP contribution in [0.5, 0.6) is 0 Å². The van der Waals surface area contributed by atoms with Crippen molar-refractivity contribution in [2.24, 2.45) is 0 Å². The van der Waals surface area contributed by atoms with Gasteiger partial charge in [0.05, 0.1) is 17.2 Å². The summed E-state index contributed by atoms with van der Waals surface area (Å²) in [5, 5.41) is 3.47. The fourth-order valence-corrected chi connectivity index (χ4v) is 2.86.